The molecule has 0 radical (unpaired) electrons. The number of sulfone groups is 1. The molecule has 2 atom stereocenters. The Kier molecular flexibility index (Phi) is 5.23. The largest absolute Gasteiger partial charge is 0.481 e. The van der Waals surface area contributed by atoms with Gasteiger partial charge in [0.25, 0.3) is 0 Å². The van der Waals surface area contributed by atoms with E-state index < -0.39 is 33.0 Å². The molecule has 0 aromatic heterocycles. The number of benzene rings is 2. The summed E-state index contributed by atoms with van der Waals surface area (Å²) in [6, 6.07) is 12.1. The van der Waals surface area contributed by atoms with Gasteiger partial charge in [-0.1, -0.05) is 36.4 Å². The van der Waals surface area contributed by atoms with Crippen LogP contribution in [-0.2, 0) is 19.4 Å². The number of aliphatic carboxylic acids is 1. The summed E-state index contributed by atoms with van der Waals surface area (Å²) in [5.74, 6) is -1.79. The molecule has 2 aromatic rings. The molecule has 0 aliphatic carbocycles. The molecule has 128 valence electrons. The fraction of sp³-hybridized carbons (Fsp3) is 0.294. The summed E-state index contributed by atoms with van der Waals surface area (Å²) in [5.41, 5.74) is 0.616. The number of carbonyl (C=O) groups is 2. The van der Waals surface area contributed by atoms with E-state index in [0.717, 1.165) is 17.0 Å². The monoisotopic (exact) mass is 349 g/mol. The van der Waals surface area contributed by atoms with Crippen LogP contribution in [0.3, 0.4) is 0 Å². The predicted molar refractivity (Wildman–Crippen MR) is 91.4 cm³/mol. The Labute approximate surface area is 140 Å². The van der Waals surface area contributed by atoms with Crippen LogP contribution in [-0.4, -0.2) is 36.9 Å². The molecule has 0 bridgehead atoms. The highest BCUT2D eigenvalue weighted by molar-refractivity contribution is 7.92. The molecule has 0 spiro atoms. The number of hydrogen-bond acceptors (Lipinski definition) is 4. The van der Waals surface area contributed by atoms with Gasteiger partial charge in [-0.3, -0.25) is 9.59 Å². The lowest BCUT2D eigenvalue weighted by Crippen LogP contribution is -2.40. The van der Waals surface area contributed by atoms with E-state index in [4.69, 9.17) is 5.11 Å². The van der Waals surface area contributed by atoms with Crippen molar-refractivity contribution in [2.75, 3.05) is 6.26 Å². The number of nitrogens with one attached hydrogen (secondary N) is 1. The van der Waals surface area contributed by atoms with Crippen molar-refractivity contribution in [3.05, 3.63) is 48.0 Å². The second-order valence-corrected chi connectivity index (χ2v) is 8.10. The lowest BCUT2D eigenvalue weighted by Gasteiger charge is -2.20. The fourth-order valence-electron chi connectivity index (χ4n) is 2.33. The molecule has 1 amide bonds. The molecule has 6 nitrogen and oxygen atoms in total. The van der Waals surface area contributed by atoms with Gasteiger partial charge in [-0.05, 0) is 29.3 Å². The van der Waals surface area contributed by atoms with Crippen molar-refractivity contribution in [1.82, 2.24) is 5.32 Å². The zero-order valence-corrected chi connectivity index (χ0v) is 14.2. The highest BCUT2D eigenvalue weighted by Crippen LogP contribution is 2.23. The fourth-order valence-corrected chi connectivity index (χ4v) is 2.79. The van der Waals surface area contributed by atoms with Crippen LogP contribution in [0.4, 0.5) is 0 Å². The first-order chi connectivity index (χ1) is 11.2. The zero-order valence-electron chi connectivity index (χ0n) is 13.4. The van der Waals surface area contributed by atoms with Gasteiger partial charge in [0.2, 0.25) is 5.91 Å². The molecule has 2 aromatic carbocycles. The second-order valence-electron chi connectivity index (χ2n) is 5.74. The number of fused-ring (bicyclic) bond motifs is 1. The highest BCUT2D eigenvalue weighted by Gasteiger charge is 2.27. The van der Waals surface area contributed by atoms with Gasteiger partial charge >= 0.3 is 5.97 Å². The van der Waals surface area contributed by atoms with Gasteiger partial charge in [-0.15, -0.1) is 0 Å². The number of carboxylic acids is 1. The summed E-state index contributed by atoms with van der Waals surface area (Å²) in [4.78, 5) is 23.3. The topological polar surface area (TPSA) is 101 Å². The quantitative estimate of drug-likeness (QED) is 0.829. The molecule has 0 fully saturated rings. The third-order valence-electron chi connectivity index (χ3n) is 3.88. The summed E-state index contributed by atoms with van der Waals surface area (Å²) in [6.45, 7) is 1.28. The van der Waals surface area contributed by atoms with Gasteiger partial charge in [0, 0.05) is 6.26 Å². The van der Waals surface area contributed by atoms with Crippen LogP contribution in [0.1, 0.15) is 24.9 Å². The Hall–Kier alpha value is -2.41. The summed E-state index contributed by atoms with van der Waals surface area (Å²) in [7, 11) is -3.55. The molecule has 0 saturated heterocycles. The Morgan fingerprint density at radius 3 is 2.33 bits per heavy atom. The summed E-state index contributed by atoms with van der Waals surface area (Å²) in [6.07, 6.45) is 0.639. The van der Waals surface area contributed by atoms with Crippen molar-refractivity contribution < 1.29 is 23.1 Å². The highest BCUT2D eigenvalue weighted by atomic mass is 32.2. The van der Waals surface area contributed by atoms with Crippen molar-refractivity contribution in [1.29, 1.82) is 0 Å². The Morgan fingerprint density at radius 1 is 1.12 bits per heavy atom. The van der Waals surface area contributed by atoms with E-state index in [9.17, 15) is 18.0 Å². The van der Waals surface area contributed by atoms with E-state index in [0.29, 0.717) is 5.56 Å². The maximum atomic E-state index is 12.1. The average Bonchev–Trinajstić information content (AvgIpc) is 2.51. The van der Waals surface area contributed by atoms with Crippen molar-refractivity contribution in [3.63, 3.8) is 0 Å². The average molecular weight is 349 g/mol. The third-order valence-corrected chi connectivity index (χ3v) is 5.38. The molecule has 0 aliphatic heterocycles. The maximum Gasteiger partial charge on any atom is 0.305 e. The van der Waals surface area contributed by atoms with Crippen molar-refractivity contribution in [3.8, 4) is 0 Å². The molecule has 0 aliphatic rings. The predicted octanol–water partition coefficient (Wildman–Crippen LogP) is 1.90. The smallest absolute Gasteiger partial charge is 0.305 e. The Morgan fingerprint density at radius 2 is 1.75 bits per heavy atom. The summed E-state index contributed by atoms with van der Waals surface area (Å²) >= 11 is 0. The van der Waals surface area contributed by atoms with Gasteiger partial charge in [-0.2, -0.15) is 0 Å². The first-order valence-electron chi connectivity index (χ1n) is 7.38. The van der Waals surface area contributed by atoms with E-state index in [-0.39, 0.29) is 6.42 Å². The molecule has 0 heterocycles. The van der Waals surface area contributed by atoms with E-state index in [2.05, 4.69) is 5.32 Å². The molecule has 2 N–H and O–H groups in total. The summed E-state index contributed by atoms with van der Waals surface area (Å²) in [5, 5.41) is 12.3. The van der Waals surface area contributed by atoms with Crippen LogP contribution in [0, 0.1) is 0 Å². The van der Waals surface area contributed by atoms with E-state index in [1.54, 1.807) is 12.1 Å². The minimum atomic E-state index is -3.55. The van der Waals surface area contributed by atoms with Gasteiger partial charge < -0.3 is 10.4 Å². The third kappa shape index (κ3) is 4.32. The van der Waals surface area contributed by atoms with E-state index in [1.165, 1.54) is 6.92 Å². The van der Waals surface area contributed by atoms with Crippen LogP contribution in [0.2, 0.25) is 0 Å². The molecule has 24 heavy (non-hydrogen) atoms. The minimum absolute atomic E-state index is 0.333. The molecular weight excluding hydrogens is 330 g/mol. The van der Waals surface area contributed by atoms with Crippen LogP contribution >= 0.6 is 0 Å². The lowest BCUT2D eigenvalue weighted by atomic mass is 9.99. The van der Waals surface area contributed by atoms with Crippen molar-refractivity contribution in [2.45, 2.75) is 24.6 Å². The standard InChI is InChI=1S/C17H19NO5S/c1-11(24(2,22)23)17(21)18-15(10-16(19)20)14-8-7-12-5-3-4-6-13(12)9-14/h3-9,11,15H,10H2,1-2H3,(H,18,21)(H,19,20)/t11?,15-/m0/s1. The normalized spacial score (nSPS) is 14.1. The number of carboxylic acid groups (broad SMARTS) is 1. The first kappa shape index (κ1) is 17.9. The number of rotatable bonds is 6. The zero-order chi connectivity index (χ0) is 17.9. The summed E-state index contributed by atoms with van der Waals surface area (Å²) < 4.78 is 23.0. The van der Waals surface area contributed by atoms with Crippen LogP contribution in [0.5, 0.6) is 0 Å². The molecular formula is C17H19NO5S. The van der Waals surface area contributed by atoms with Crippen LogP contribution in [0.15, 0.2) is 42.5 Å². The molecule has 2 rings (SSSR count). The van der Waals surface area contributed by atoms with E-state index in [1.807, 2.05) is 30.3 Å². The molecule has 7 heteroatoms. The van der Waals surface area contributed by atoms with Gasteiger partial charge in [0.1, 0.15) is 5.25 Å². The SMILES string of the molecule is CC(C(=O)N[C@@H](CC(=O)O)c1ccc2ccccc2c1)S(C)(=O)=O. The minimum Gasteiger partial charge on any atom is -0.481 e. The number of carbonyl (C=O) groups excluding carboxylic acids is 1. The first-order valence-corrected chi connectivity index (χ1v) is 9.33. The number of hydrogen-bond donors (Lipinski definition) is 2. The van der Waals surface area contributed by atoms with Crippen LogP contribution < -0.4 is 5.32 Å². The van der Waals surface area contributed by atoms with E-state index >= 15 is 0 Å². The number of amides is 1. The Bertz CT molecular complexity index is 875. The second kappa shape index (κ2) is 7.00. The molecule has 0 saturated carbocycles. The van der Waals surface area contributed by atoms with Crippen LogP contribution in [0.25, 0.3) is 10.8 Å². The lowest BCUT2D eigenvalue weighted by molar-refractivity contribution is -0.137. The Balaban J connectivity index is 2.33. The van der Waals surface area contributed by atoms with Gasteiger partial charge in [0.05, 0.1) is 12.5 Å². The maximum absolute atomic E-state index is 12.1. The van der Waals surface area contributed by atoms with Gasteiger partial charge in [-0.25, -0.2) is 8.42 Å². The van der Waals surface area contributed by atoms with Crippen molar-refractivity contribution >= 4 is 32.5 Å². The van der Waals surface area contributed by atoms with Crippen molar-refractivity contribution in [2.24, 2.45) is 0 Å². The molecule has 1 unspecified atom stereocenters. The van der Waals surface area contributed by atoms with Gasteiger partial charge in [0.15, 0.2) is 9.84 Å².